The number of hydrogen-bond acceptors (Lipinski definition) is 6. The molecular formula is C23H34F3N3O6Si. The number of halogens is 3. The van der Waals surface area contributed by atoms with Crippen LogP contribution in [0.3, 0.4) is 0 Å². The number of nitrogens with one attached hydrogen (secondary N) is 2. The maximum absolute atomic E-state index is 12.4. The monoisotopic (exact) mass is 533 g/mol. The van der Waals surface area contributed by atoms with Crippen LogP contribution >= 0.6 is 0 Å². The Kier molecular flexibility index (Phi) is 10.1. The van der Waals surface area contributed by atoms with Crippen molar-refractivity contribution in [2.24, 2.45) is 0 Å². The van der Waals surface area contributed by atoms with Crippen molar-refractivity contribution in [1.29, 1.82) is 0 Å². The van der Waals surface area contributed by atoms with E-state index in [4.69, 9.17) is 13.9 Å². The zero-order valence-corrected chi connectivity index (χ0v) is 22.2. The van der Waals surface area contributed by atoms with Crippen LogP contribution in [-0.2, 0) is 25.1 Å². The summed E-state index contributed by atoms with van der Waals surface area (Å²) in [5.41, 5.74) is -0.863. The minimum absolute atomic E-state index is 0.0361. The molecular weight excluding hydrogens is 499 g/mol. The summed E-state index contributed by atoms with van der Waals surface area (Å²) in [5, 5.41) is 1.75. The van der Waals surface area contributed by atoms with E-state index in [1.54, 1.807) is 5.32 Å². The predicted octanol–water partition coefficient (Wildman–Crippen LogP) is 2.48. The summed E-state index contributed by atoms with van der Waals surface area (Å²) in [7, 11) is -1.93. The number of aromatic nitrogens is 2. The third-order valence-electron chi connectivity index (χ3n) is 6.24. The standard InChI is InChI=1S/C23H34F3N3O6Si/c1-22(2,3)36(4,5)34-15-17-9-10-18(35-17)29-14-16(19(30)28-21(29)32)8-6-7-12-33-13-11-27-20(31)23(24,25)26/h14,17-18H,8-13,15H2,1-5H3,(H,27,31)(H,28,30,32)/t17-,18+/m0/s1. The number of carbonyl (C=O) groups is 1. The molecule has 2 heterocycles. The van der Waals surface area contributed by atoms with E-state index in [0.29, 0.717) is 13.0 Å². The van der Waals surface area contributed by atoms with Crippen molar-refractivity contribution in [2.45, 2.75) is 76.7 Å². The lowest BCUT2D eigenvalue weighted by atomic mass is 10.2. The summed E-state index contributed by atoms with van der Waals surface area (Å²) in [6.07, 6.45) is -2.82. The molecule has 0 aliphatic carbocycles. The van der Waals surface area contributed by atoms with Crippen LogP contribution < -0.4 is 16.6 Å². The average molecular weight is 534 g/mol. The largest absolute Gasteiger partial charge is 0.471 e. The van der Waals surface area contributed by atoms with E-state index in [9.17, 15) is 27.6 Å². The van der Waals surface area contributed by atoms with Gasteiger partial charge in [-0.2, -0.15) is 13.2 Å². The molecule has 0 aromatic carbocycles. The van der Waals surface area contributed by atoms with E-state index in [2.05, 4.69) is 50.7 Å². The van der Waals surface area contributed by atoms with Gasteiger partial charge in [-0.25, -0.2) is 4.79 Å². The smallest absolute Gasteiger partial charge is 0.414 e. The fraction of sp³-hybridized carbons (Fsp3) is 0.696. The second kappa shape index (κ2) is 12.2. The Balaban J connectivity index is 1.87. The minimum atomic E-state index is -4.94. The van der Waals surface area contributed by atoms with E-state index in [1.165, 1.54) is 10.8 Å². The average Bonchev–Trinajstić information content (AvgIpc) is 3.22. The molecule has 2 N–H and O–H groups in total. The van der Waals surface area contributed by atoms with Gasteiger partial charge in [-0.3, -0.25) is 19.1 Å². The van der Waals surface area contributed by atoms with E-state index in [1.807, 2.05) is 0 Å². The highest BCUT2D eigenvalue weighted by Crippen LogP contribution is 2.37. The Labute approximate surface area is 208 Å². The lowest BCUT2D eigenvalue weighted by Crippen LogP contribution is -2.42. The van der Waals surface area contributed by atoms with Gasteiger partial charge in [-0.1, -0.05) is 32.6 Å². The van der Waals surface area contributed by atoms with Crippen molar-refractivity contribution in [3.05, 3.63) is 32.6 Å². The van der Waals surface area contributed by atoms with Gasteiger partial charge in [0.15, 0.2) is 8.32 Å². The molecule has 1 aliphatic heterocycles. The molecule has 1 aromatic heterocycles. The SMILES string of the molecule is CC(C)(C)[Si](C)(C)OC[C@@H]1CC[C@H](n2cc(CC#CCOCCNC(=O)C(F)(F)F)c(=O)[nH]c2=O)O1. The second-order valence-electron chi connectivity index (χ2n) is 10.0. The van der Waals surface area contributed by atoms with Crippen LogP contribution in [0.4, 0.5) is 13.2 Å². The number of aromatic amines is 1. The van der Waals surface area contributed by atoms with E-state index in [-0.39, 0.29) is 42.9 Å². The first-order valence-corrected chi connectivity index (χ1v) is 14.5. The van der Waals surface area contributed by atoms with Gasteiger partial charge in [0.25, 0.3) is 5.56 Å². The maximum atomic E-state index is 12.4. The summed E-state index contributed by atoms with van der Waals surface area (Å²) >= 11 is 0. The third-order valence-corrected chi connectivity index (χ3v) is 10.7. The number of alkyl halides is 3. The fourth-order valence-corrected chi connectivity index (χ4v) is 4.10. The molecule has 9 nitrogen and oxygen atoms in total. The van der Waals surface area contributed by atoms with E-state index < -0.39 is 37.9 Å². The number of ether oxygens (including phenoxy) is 2. The molecule has 13 heteroatoms. The van der Waals surface area contributed by atoms with Gasteiger partial charge < -0.3 is 19.2 Å². The Bertz CT molecular complexity index is 1080. The number of hydrogen-bond donors (Lipinski definition) is 2. The molecule has 1 fully saturated rings. The number of carbonyl (C=O) groups excluding carboxylic acids is 1. The Morgan fingerprint density at radius 3 is 2.58 bits per heavy atom. The van der Waals surface area contributed by atoms with Gasteiger partial charge in [-0.05, 0) is 31.0 Å². The molecule has 202 valence electrons. The highest BCUT2D eigenvalue weighted by Gasteiger charge is 2.39. The molecule has 36 heavy (non-hydrogen) atoms. The molecule has 0 spiro atoms. The van der Waals surface area contributed by atoms with Gasteiger partial charge in [0, 0.05) is 24.7 Å². The first-order valence-electron chi connectivity index (χ1n) is 11.6. The van der Waals surface area contributed by atoms with Gasteiger partial charge in [-0.15, -0.1) is 0 Å². The topological polar surface area (TPSA) is 112 Å². The molecule has 0 unspecified atom stereocenters. The summed E-state index contributed by atoms with van der Waals surface area (Å²) in [6, 6.07) is 0. The highest BCUT2D eigenvalue weighted by atomic mass is 28.4. The second-order valence-corrected chi connectivity index (χ2v) is 14.8. The number of amides is 1. The lowest BCUT2D eigenvalue weighted by Gasteiger charge is -2.36. The summed E-state index contributed by atoms with van der Waals surface area (Å²) < 4.78 is 54.9. The number of rotatable bonds is 9. The molecule has 2 rings (SSSR count). The van der Waals surface area contributed by atoms with Crippen molar-refractivity contribution >= 4 is 14.2 Å². The van der Waals surface area contributed by atoms with Crippen molar-refractivity contribution in [1.82, 2.24) is 14.9 Å². The summed E-state index contributed by atoms with van der Waals surface area (Å²) in [5.74, 6) is 3.34. The van der Waals surface area contributed by atoms with Gasteiger partial charge >= 0.3 is 17.8 Å². The van der Waals surface area contributed by atoms with Crippen LogP contribution in [0.25, 0.3) is 0 Å². The molecule has 1 saturated heterocycles. The Morgan fingerprint density at radius 1 is 1.25 bits per heavy atom. The molecule has 1 aliphatic rings. The summed E-state index contributed by atoms with van der Waals surface area (Å²) in [6.45, 7) is 10.7. The van der Waals surface area contributed by atoms with Crippen LogP contribution in [-0.4, -0.2) is 62.4 Å². The first kappa shape index (κ1) is 29.8. The fourth-order valence-electron chi connectivity index (χ4n) is 3.07. The minimum Gasteiger partial charge on any atom is -0.414 e. The zero-order valence-electron chi connectivity index (χ0n) is 21.2. The lowest BCUT2D eigenvalue weighted by molar-refractivity contribution is -0.173. The van der Waals surface area contributed by atoms with Crippen molar-refractivity contribution in [3.63, 3.8) is 0 Å². The maximum Gasteiger partial charge on any atom is 0.471 e. The highest BCUT2D eigenvalue weighted by molar-refractivity contribution is 6.74. The Hall–Kier alpha value is -2.40. The molecule has 1 aromatic rings. The predicted molar refractivity (Wildman–Crippen MR) is 129 cm³/mol. The molecule has 0 saturated carbocycles. The van der Waals surface area contributed by atoms with E-state index in [0.717, 1.165) is 6.42 Å². The van der Waals surface area contributed by atoms with E-state index >= 15 is 0 Å². The normalized spacial score (nSPS) is 18.6. The summed E-state index contributed by atoms with van der Waals surface area (Å²) in [4.78, 5) is 37.5. The van der Waals surface area contributed by atoms with Crippen molar-refractivity contribution in [3.8, 4) is 11.8 Å². The zero-order chi connectivity index (χ0) is 27.1. The van der Waals surface area contributed by atoms with Crippen LogP contribution in [0.2, 0.25) is 18.1 Å². The third kappa shape index (κ3) is 8.61. The van der Waals surface area contributed by atoms with Crippen molar-refractivity contribution in [2.75, 3.05) is 26.4 Å². The van der Waals surface area contributed by atoms with Gasteiger partial charge in [0.1, 0.15) is 12.8 Å². The van der Waals surface area contributed by atoms with Gasteiger partial charge in [0.2, 0.25) is 0 Å². The van der Waals surface area contributed by atoms with Gasteiger partial charge in [0.05, 0.1) is 19.3 Å². The number of nitrogens with zero attached hydrogens (tertiary/aromatic N) is 1. The van der Waals surface area contributed by atoms with Crippen LogP contribution in [0.1, 0.15) is 45.4 Å². The Morgan fingerprint density at radius 2 is 1.94 bits per heavy atom. The molecule has 0 radical (unpaired) electrons. The molecule has 2 atom stereocenters. The quantitative estimate of drug-likeness (QED) is 0.287. The van der Waals surface area contributed by atoms with Crippen LogP contribution in [0.5, 0.6) is 0 Å². The first-order chi connectivity index (χ1) is 16.6. The number of H-pyrrole nitrogens is 1. The van der Waals surface area contributed by atoms with Crippen molar-refractivity contribution < 1.29 is 31.9 Å². The van der Waals surface area contributed by atoms with Crippen LogP contribution in [0.15, 0.2) is 15.8 Å². The van der Waals surface area contributed by atoms with Crippen LogP contribution in [0, 0.1) is 11.8 Å². The molecule has 1 amide bonds. The molecule has 0 bridgehead atoms.